The second-order valence-corrected chi connectivity index (χ2v) is 7.36. The van der Waals surface area contributed by atoms with Crippen molar-refractivity contribution in [1.82, 2.24) is 20.0 Å². The van der Waals surface area contributed by atoms with E-state index in [4.69, 9.17) is 9.47 Å². The Hall–Kier alpha value is -1.72. The first kappa shape index (κ1) is 25.5. The molecule has 1 N–H and O–H groups in total. The predicted molar refractivity (Wildman–Crippen MR) is 131 cm³/mol. The molecule has 0 amide bonds. The van der Waals surface area contributed by atoms with Crippen molar-refractivity contribution >= 4 is 29.9 Å². The standard InChI is InChI=1S/C22H32FN5O2.HI/c1-24-22(27-13-10-21(11-14-27)30-17-3-16-29-2)25-12-8-19-9-15-28(26-19)20-6-4-18(23)5-7-20;/h4-7,9,15,21H,3,8,10-14,16-17H2,1-2H3,(H,24,25);1H. The molecule has 1 fully saturated rings. The van der Waals surface area contributed by atoms with Crippen LogP contribution in [0.15, 0.2) is 41.5 Å². The molecule has 0 unspecified atom stereocenters. The largest absolute Gasteiger partial charge is 0.385 e. The molecule has 2 heterocycles. The van der Waals surface area contributed by atoms with E-state index >= 15 is 0 Å². The zero-order valence-corrected chi connectivity index (χ0v) is 20.6. The van der Waals surface area contributed by atoms with Crippen LogP contribution in [-0.4, -0.2) is 73.7 Å². The Morgan fingerprint density at radius 2 is 1.94 bits per heavy atom. The first-order chi connectivity index (χ1) is 14.7. The lowest BCUT2D eigenvalue weighted by Gasteiger charge is -2.34. The van der Waals surface area contributed by atoms with E-state index in [9.17, 15) is 4.39 Å². The van der Waals surface area contributed by atoms with E-state index in [1.54, 1.807) is 23.9 Å². The molecule has 1 aliphatic rings. The number of aliphatic imine (C=N–C) groups is 1. The van der Waals surface area contributed by atoms with Crippen LogP contribution in [0.1, 0.15) is 25.0 Å². The fourth-order valence-corrected chi connectivity index (χ4v) is 3.55. The van der Waals surface area contributed by atoms with E-state index in [1.807, 2.05) is 19.3 Å². The quantitative estimate of drug-likeness (QED) is 0.227. The second-order valence-electron chi connectivity index (χ2n) is 7.36. The van der Waals surface area contributed by atoms with Gasteiger partial charge in [-0.25, -0.2) is 9.07 Å². The van der Waals surface area contributed by atoms with Gasteiger partial charge in [-0.1, -0.05) is 0 Å². The molecule has 0 bridgehead atoms. The lowest BCUT2D eigenvalue weighted by Crippen LogP contribution is -2.47. The number of hydrogen-bond acceptors (Lipinski definition) is 4. The number of benzene rings is 1. The van der Waals surface area contributed by atoms with Gasteiger partial charge in [0, 0.05) is 59.6 Å². The van der Waals surface area contributed by atoms with Crippen molar-refractivity contribution in [3.8, 4) is 5.69 Å². The average Bonchev–Trinajstić information content (AvgIpc) is 3.24. The third kappa shape index (κ3) is 8.04. The molecule has 172 valence electrons. The lowest BCUT2D eigenvalue weighted by atomic mass is 10.1. The summed E-state index contributed by atoms with van der Waals surface area (Å²) in [5.41, 5.74) is 1.82. The van der Waals surface area contributed by atoms with Gasteiger partial charge in [-0.3, -0.25) is 4.99 Å². The first-order valence-corrected chi connectivity index (χ1v) is 10.6. The molecule has 1 saturated heterocycles. The second kappa shape index (κ2) is 13.6. The Kier molecular flexibility index (Phi) is 11.2. The molecule has 0 aliphatic carbocycles. The van der Waals surface area contributed by atoms with Gasteiger partial charge in [0.25, 0.3) is 0 Å². The van der Waals surface area contributed by atoms with Gasteiger partial charge in [-0.05, 0) is 49.6 Å². The van der Waals surface area contributed by atoms with E-state index in [0.29, 0.717) is 6.10 Å². The van der Waals surface area contributed by atoms with E-state index in [1.165, 1.54) is 12.1 Å². The first-order valence-electron chi connectivity index (χ1n) is 10.6. The molecule has 0 saturated carbocycles. The van der Waals surface area contributed by atoms with Crippen LogP contribution in [-0.2, 0) is 15.9 Å². The van der Waals surface area contributed by atoms with Crippen molar-refractivity contribution in [1.29, 1.82) is 0 Å². The monoisotopic (exact) mass is 545 g/mol. The molecule has 31 heavy (non-hydrogen) atoms. The van der Waals surface area contributed by atoms with E-state index in [2.05, 4.69) is 20.3 Å². The summed E-state index contributed by atoms with van der Waals surface area (Å²) in [5.74, 6) is 0.675. The summed E-state index contributed by atoms with van der Waals surface area (Å²) in [6.07, 6.45) is 5.97. The molecule has 1 aromatic carbocycles. The van der Waals surface area contributed by atoms with Crippen LogP contribution in [0.4, 0.5) is 4.39 Å². The summed E-state index contributed by atoms with van der Waals surface area (Å²) >= 11 is 0. The summed E-state index contributed by atoms with van der Waals surface area (Å²) in [6.45, 7) is 4.13. The van der Waals surface area contributed by atoms with Gasteiger partial charge in [0.05, 0.1) is 17.5 Å². The maximum absolute atomic E-state index is 13.1. The molecule has 0 atom stereocenters. The van der Waals surface area contributed by atoms with Crippen LogP contribution in [0.2, 0.25) is 0 Å². The number of likely N-dealkylation sites (tertiary alicyclic amines) is 1. The van der Waals surface area contributed by atoms with Crippen molar-refractivity contribution < 1.29 is 13.9 Å². The summed E-state index contributed by atoms with van der Waals surface area (Å²) in [6, 6.07) is 8.31. The summed E-state index contributed by atoms with van der Waals surface area (Å²) < 4.78 is 25.8. The number of halogens is 2. The molecule has 7 nitrogen and oxygen atoms in total. The third-order valence-corrected chi connectivity index (χ3v) is 5.20. The number of piperidine rings is 1. The number of rotatable bonds is 9. The molecule has 1 aliphatic heterocycles. The van der Waals surface area contributed by atoms with Crippen LogP contribution < -0.4 is 5.32 Å². The minimum Gasteiger partial charge on any atom is -0.385 e. The normalized spacial score (nSPS) is 15.1. The molecule has 9 heteroatoms. The zero-order chi connectivity index (χ0) is 21.2. The lowest BCUT2D eigenvalue weighted by molar-refractivity contribution is 0.00992. The number of nitrogens with one attached hydrogen (secondary N) is 1. The maximum atomic E-state index is 13.1. The predicted octanol–water partition coefficient (Wildman–Crippen LogP) is 3.26. The maximum Gasteiger partial charge on any atom is 0.193 e. The number of ether oxygens (including phenoxy) is 2. The fraction of sp³-hybridized carbons (Fsp3) is 0.545. The zero-order valence-electron chi connectivity index (χ0n) is 18.3. The number of nitrogens with zero attached hydrogens (tertiary/aromatic N) is 4. The van der Waals surface area contributed by atoms with Gasteiger partial charge < -0.3 is 19.7 Å². The molecule has 0 spiro atoms. The van der Waals surface area contributed by atoms with Crippen LogP contribution in [0.25, 0.3) is 5.69 Å². The summed E-state index contributed by atoms with van der Waals surface area (Å²) in [4.78, 5) is 6.71. The summed E-state index contributed by atoms with van der Waals surface area (Å²) in [7, 11) is 3.53. The fourth-order valence-electron chi connectivity index (χ4n) is 3.55. The van der Waals surface area contributed by atoms with E-state index < -0.39 is 0 Å². The van der Waals surface area contributed by atoms with Crippen LogP contribution in [0, 0.1) is 5.82 Å². The Balaban J connectivity index is 0.00000341. The Morgan fingerprint density at radius 3 is 2.61 bits per heavy atom. The third-order valence-electron chi connectivity index (χ3n) is 5.20. The minimum atomic E-state index is -0.247. The highest BCUT2D eigenvalue weighted by Crippen LogP contribution is 2.14. The van der Waals surface area contributed by atoms with Gasteiger partial charge >= 0.3 is 0 Å². The topological polar surface area (TPSA) is 63.9 Å². The molecular weight excluding hydrogens is 512 g/mol. The highest BCUT2D eigenvalue weighted by molar-refractivity contribution is 14.0. The Labute approximate surface area is 201 Å². The van der Waals surface area contributed by atoms with Crippen molar-refractivity contribution in [3.63, 3.8) is 0 Å². The molecular formula is C22H33FIN5O2. The summed E-state index contributed by atoms with van der Waals surface area (Å²) in [5, 5.41) is 8.01. The van der Waals surface area contributed by atoms with Crippen molar-refractivity contribution in [2.24, 2.45) is 4.99 Å². The van der Waals surface area contributed by atoms with Crippen molar-refractivity contribution in [3.05, 3.63) is 48.0 Å². The van der Waals surface area contributed by atoms with Gasteiger partial charge in [0.15, 0.2) is 5.96 Å². The number of aromatic nitrogens is 2. The Bertz CT molecular complexity index is 791. The van der Waals surface area contributed by atoms with Crippen LogP contribution in [0.5, 0.6) is 0 Å². The van der Waals surface area contributed by atoms with Crippen LogP contribution >= 0.6 is 24.0 Å². The van der Waals surface area contributed by atoms with Gasteiger partial charge in [-0.15, -0.1) is 24.0 Å². The highest BCUT2D eigenvalue weighted by Gasteiger charge is 2.21. The van der Waals surface area contributed by atoms with E-state index in [-0.39, 0.29) is 29.8 Å². The van der Waals surface area contributed by atoms with Gasteiger partial charge in [0.1, 0.15) is 5.82 Å². The van der Waals surface area contributed by atoms with Gasteiger partial charge in [-0.2, -0.15) is 5.10 Å². The molecule has 1 aromatic heterocycles. The van der Waals surface area contributed by atoms with Gasteiger partial charge in [0.2, 0.25) is 0 Å². The molecule has 2 aromatic rings. The van der Waals surface area contributed by atoms with E-state index in [0.717, 1.165) is 75.9 Å². The van der Waals surface area contributed by atoms with Crippen LogP contribution in [0.3, 0.4) is 0 Å². The SMILES string of the molecule is CN=C(NCCc1ccn(-c2ccc(F)cc2)n1)N1CCC(OCCCOC)CC1.I. The van der Waals surface area contributed by atoms with Crippen molar-refractivity contribution in [2.75, 3.05) is 47.0 Å². The average molecular weight is 545 g/mol. The minimum absolute atomic E-state index is 0. The number of guanidine groups is 1. The Morgan fingerprint density at radius 1 is 1.19 bits per heavy atom. The molecule has 0 radical (unpaired) electrons. The highest BCUT2D eigenvalue weighted by atomic mass is 127. The van der Waals surface area contributed by atoms with Crippen molar-refractivity contribution in [2.45, 2.75) is 31.8 Å². The smallest absolute Gasteiger partial charge is 0.193 e. The number of hydrogen-bond donors (Lipinski definition) is 1. The number of methoxy groups -OCH3 is 1. The molecule has 3 rings (SSSR count).